The van der Waals surface area contributed by atoms with Crippen molar-refractivity contribution in [1.82, 2.24) is 19.7 Å². The molecule has 0 saturated carbocycles. The van der Waals surface area contributed by atoms with Gasteiger partial charge in [0.15, 0.2) is 0 Å². The monoisotopic (exact) mass is 326 g/mol. The second-order valence-corrected chi connectivity index (χ2v) is 5.60. The molecule has 7 heteroatoms. The van der Waals surface area contributed by atoms with Gasteiger partial charge in [0.2, 0.25) is 0 Å². The zero-order valence-corrected chi connectivity index (χ0v) is 13.2. The molecule has 0 fully saturated rings. The summed E-state index contributed by atoms with van der Waals surface area (Å²) >= 11 is 1.49. The molecular formula is C16H14N4O2S. The van der Waals surface area contributed by atoms with Crippen molar-refractivity contribution in [1.29, 1.82) is 0 Å². The molecule has 0 aliphatic heterocycles. The van der Waals surface area contributed by atoms with Crippen LogP contribution in [-0.4, -0.2) is 25.7 Å². The second-order valence-electron chi connectivity index (χ2n) is 4.74. The molecule has 0 saturated heterocycles. The Bertz CT molecular complexity index is 823. The predicted octanol–water partition coefficient (Wildman–Crippen LogP) is 2.70. The van der Waals surface area contributed by atoms with E-state index in [2.05, 4.69) is 15.1 Å². The number of hydrogen-bond acceptors (Lipinski definition) is 6. The zero-order chi connectivity index (χ0) is 16.1. The van der Waals surface area contributed by atoms with Crippen LogP contribution in [0.1, 0.15) is 11.4 Å². The molecule has 0 N–H and O–H groups in total. The highest BCUT2D eigenvalue weighted by molar-refractivity contribution is 7.13. The van der Waals surface area contributed by atoms with Gasteiger partial charge in [0.1, 0.15) is 11.6 Å². The van der Waals surface area contributed by atoms with E-state index in [4.69, 9.17) is 4.74 Å². The van der Waals surface area contributed by atoms with Crippen molar-refractivity contribution in [2.75, 3.05) is 0 Å². The number of carbonyl (C=O) groups excluding carboxylic acids is 1. The van der Waals surface area contributed by atoms with Crippen LogP contribution < -0.4 is 0 Å². The first-order valence-corrected chi connectivity index (χ1v) is 7.78. The fraction of sp³-hybridized carbons (Fsp3) is 0.125. The fourth-order valence-corrected chi connectivity index (χ4v) is 2.64. The molecule has 23 heavy (non-hydrogen) atoms. The van der Waals surface area contributed by atoms with Gasteiger partial charge in [-0.15, -0.1) is 11.3 Å². The number of pyridine rings is 1. The number of rotatable bonds is 5. The maximum Gasteiger partial charge on any atom is 0.331 e. The smallest absolute Gasteiger partial charge is 0.331 e. The SMILES string of the molecule is Cn1cc(-c2nc(COC(=O)C=Cc3ccccn3)cs2)cn1. The predicted molar refractivity (Wildman–Crippen MR) is 87.4 cm³/mol. The maximum absolute atomic E-state index is 11.7. The van der Waals surface area contributed by atoms with Crippen LogP contribution in [0.2, 0.25) is 0 Å². The highest BCUT2D eigenvalue weighted by atomic mass is 32.1. The molecule has 3 heterocycles. The summed E-state index contributed by atoms with van der Waals surface area (Å²) in [5.41, 5.74) is 2.37. The standard InChI is InChI=1S/C16H14N4O2S/c1-20-9-12(8-18-20)16-19-14(11-23-16)10-22-15(21)6-5-13-4-2-3-7-17-13/h2-9,11H,10H2,1H3. The van der Waals surface area contributed by atoms with E-state index in [0.717, 1.165) is 10.6 Å². The molecular weight excluding hydrogens is 312 g/mol. The maximum atomic E-state index is 11.7. The summed E-state index contributed by atoms with van der Waals surface area (Å²) in [4.78, 5) is 20.2. The summed E-state index contributed by atoms with van der Waals surface area (Å²) in [6, 6.07) is 5.48. The van der Waals surface area contributed by atoms with E-state index in [0.29, 0.717) is 11.4 Å². The fourth-order valence-electron chi connectivity index (χ4n) is 1.86. The summed E-state index contributed by atoms with van der Waals surface area (Å²) in [5.74, 6) is -0.424. The van der Waals surface area contributed by atoms with Crippen LogP contribution in [0.4, 0.5) is 0 Å². The van der Waals surface area contributed by atoms with Gasteiger partial charge in [-0.1, -0.05) is 6.07 Å². The average Bonchev–Trinajstić information content (AvgIpc) is 3.20. The normalized spacial score (nSPS) is 11.0. The summed E-state index contributed by atoms with van der Waals surface area (Å²) in [6.45, 7) is 0.141. The molecule has 0 aromatic carbocycles. The molecule has 0 aliphatic carbocycles. The molecule has 6 nitrogen and oxygen atoms in total. The van der Waals surface area contributed by atoms with E-state index in [1.54, 1.807) is 23.2 Å². The number of ether oxygens (including phenoxy) is 1. The molecule has 3 aromatic heterocycles. The molecule has 0 aliphatic rings. The lowest BCUT2D eigenvalue weighted by molar-refractivity contribution is -0.139. The number of hydrogen-bond donors (Lipinski definition) is 0. The Labute approximate surface area is 137 Å². The van der Waals surface area contributed by atoms with Gasteiger partial charge in [0.05, 0.1) is 17.6 Å². The highest BCUT2D eigenvalue weighted by Crippen LogP contribution is 2.23. The Kier molecular flexibility index (Phi) is 4.58. The van der Waals surface area contributed by atoms with Gasteiger partial charge >= 0.3 is 5.97 Å². The molecule has 0 bridgehead atoms. The third-order valence-corrected chi connectivity index (χ3v) is 3.88. The Morgan fingerprint density at radius 3 is 3.09 bits per heavy atom. The van der Waals surface area contributed by atoms with Gasteiger partial charge in [-0.2, -0.15) is 5.10 Å². The minimum atomic E-state index is -0.424. The van der Waals surface area contributed by atoms with Crippen LogP contribution in [0.25, 0.3) is 16.6 Å². The van der Waals surface area contributed by atoms with Gasteiger partial charge < -0.3 is 4.74 Å². The number of aryl methyl sites for hydroxylation is 1. The van der Waals surface area contributed by atoms with Crippen LogP contribution in [-0.2, 0) is 23.2 Å². The van der Waals surface area contributed by atoms with Crippen molar-refractivity contribution in [3.63, 3.8) is 0 Å². The van der Waals surface area contributed by atoms with Crippen LogP contribution in [0.5, 0.6) is 0 Å². The van der Waals surface area contributed by atoms with Crippen molar-refractivity contribution >= 4 is 23.4 Å². The molecule has 116 valence electrons. The first-order chi connectivity index (χ1) is 11.2. The number of aromatic nitrogens is 4. The quantitative estimate of drug-likeness (QED) is 0.532. The van der Waals surface area contributed by atoms with Crippen LogP contribution >= 0.6 is 11.3 Å². The molecule has 0 radical (unpaired) electrons. The molecule has 0 amide bonds. The third-order valence-electron chi connectivity index (χ3n) is 2.94. The van der Waals surface area contributed by atoms with E-state index in [1.165, 1.54) is 17.4 Å². The van der Waals surface area contributed by atoms with Crippen LogP contribution in [0.15, 0.2) is 48.2 Å². The van der Waals surface area contributed by atoms with Crippen molar-refractivity contribution < 1.29 is 9.53 Å². The zero-order valence-electron chi connectivity index (χ0n) is 12.4. The largest absolute Gasteiger partial charge is 0.456 e. The molecule has 3 aromatic rings. The van der Waals surface area contributed by atoms with Gasteiger partial charge in [0.25, 0.3) is 0 Å². The molecule has 0 atom stereocenters. The lowest BCUT2D eigenvalue weighted by atomic mass is 10.3. The van der Waals surface area contributed by atoms with Crippen LogP contribution in [0, 0.1) is 0 Å². The lowest BCUT2D eigenvalue weighted by Gasteiger charge is -1.98. The van der Waals surface area contributed by atoms with E-state index >= 15 is 0 Å². The second kappa shape index (κ2) is 6.97. The third kappa shape index (κ3) is 4.10. The van der Waals surface area contributed by atoms with Gasteiger partial charge in [-0.05, 0) is 18.2 Å². The number of thiazole rings is 1. The Morgan fingerprint density at radius 1 is 1.43 bits per heavy atom. The first kappa shape index (κ1) is 15.1. The van der Waals surface area contributed by atoms with Crippen molar-refractivity contribution in [3.8, 4) is 10.6 Å². The molecule has 0 spiro atoms. The van der Waals surface area contributed by atoms with E-state index in [-0.39, 0.29) is 6.61 Å². The van der Waals surface area contributed by atoms with Crippen molar-refractivity contribution in [2.45, 2.75) is 6.61 Å². The molecule has 3 rings (SSSR count). The summed E-state index contributed by atoms with van der Waals surface area (Å²) in [6.07, 6.45) is 8.29. The first-order valence-electron chi connectivity index (χ1n) is 6.90. The Morgan fingerprint density at radius 2 is 2.35 bits per heavy atom. The number of carbonyl (C=O) groups is 1. The topological polar surface area (TPSA) is 69.9 Å². The van der Waals surface area contributed by atoms with Gasteiger partial charge in [0, 0.05) is 36.5 Å². The number of esters is 1. The summed E-state index contributed by atoms with van der Waals surface area (Å²) in [5, 5.41) is 6.84. The van der Waals surface area contributed by atoms with E-state index in [1.807, 2.05) is 36.8 Å². The Balaban J connectivity index is 1.55. The van der Waals surface area contributed by atoms with Crippen molar-refractivity contribution in [3.05, 3.63) is 59.6 Å². The van der Waals surface area contributed by atoms with E-state index in [9.17, 15) is 4.79 Å². The average molecular weight is 326 g/mol. The number of nitrogens with zero attached hydrogens (tertiary/aromatic N) is 4. The van der Waals surface area contributed by atoms with E-state index < -0.39 is 5.97 Å². The van der Waals surface area contributed by atoms with Gasteiger partial charge in [-0.25, -0.2) is 9.78 Å². The molecule has 0 unspecified atom stereocenters. The summed E-state index contributed by atoms with van der Waals surface area (Å²) < 4.78 is 6.90. The summed E-state index contributed by atoms with van der Waals surface area (Å²) in [7, 11) is 1.85. The minimum Gasteiger partial charge on any atom is -0.456 e. The Hall–Kier alpha value is -2.80. The van der Waals surface area contributed by atoms with Crippen LogP contribution in [0.3, 0.4) is 0 Å². The minimum absolute atomic E-state index is 0.141. The van der Waals surface area contributed by atoms with Crippen molar-refractivity contribution in [2.24, 2.45) is 7.05 Å². The van der Waals surface area contributed by atoms with Gasteiger partial charge in [-0.3, -0.25) is 9.67 Å². The lowest BCUT2D eigenvalue weighted by Crippen LogP contribution is -2.01. The highest BCUT2D eigenvalue weighted by Gasteiger charge is 2.08.